The molecular weight excluding hydrogens is 722 g/mol. The molecule has 0 amide bonds. The lowest BCUT2D eigenvalue weighted by molar-refractivity contribution is 0.666. The molecule has 3 nitrogen and oxygen atoms in total. The van der Waals surface area contributed by atoms with Crippen LogP contribution in [0.15, 0.2) is 157 Å². The molecule has 1 spiro atoms. The number of benzene rings is 7. The van der Waals surface area contributed by atoms with Crippen LogP contribution in [-0.4, -0.2) is 0 Å². The van der Waals surface area contributed by atoms with Gasteiger partial charge in [-0.3, -0.25) is 0 Å². The molecule has 0 saturated carbocycles. The van der Waals surface area contributed by atoms with E-state index < -0.39 is 5.41 Å². The Morgan fingerprint density at radius 3 is 1.67 bits per heavy atom. The first-order valence-electron chi connectivity index (χ1n) is 16.0. The van der Waals surface area contributed by atoms with E-state index in [1.165, 1.54) is 22.3 Å². The Balaban J connectivity index is 1.41. The van der Waals surface area contributed by atoms with Crippen molar-refractivity contribution in [3.63, 3.8) is 0 Å². The van der Waals surface area contributed by atoms with Crippen LogP contribution < -0.4 is 4.90 Å². The molecule has 3 heterocycles. The lowest BCUT2D eigenvalue weighted by Gasteiger charge is -2.45. The van der Waals surface area contributed by atoms with Crippen molar-refractivity contribution in [1.82, 2.24) is 0 Å². The zero-order valence-corrected chi connectivity index (χ0v) is 28.5. The van der Waals surface area contributed by atoms with Gasteiger partial charge in [-0.2, -0.15) is 0 Å². The molecule has 11 rings (SSSR count). The maximum absolute atomic E-state index is 6.92. The van der Waals surface area contributed by atoms with Crippen molar-refractivity contribution >= 4 is 92.8 Å². The second kappa shape index (κ2) is 9.50. The largest absolute Gasteiger partial charge is 0.455 e. The zero-order chi connectivity index (χ0) is 31.7. The van der Waals surface area contributed by atoms with E-state index in [1.54, 1.807) is 0 Å². The van der Waals surface area contributed by atoms with Gasteiger partial charge in [0.05, 0.1) is 21.3 Å². The summed E-state index contributed by atoms with van der Waals surface area (Å²) in [5.74, 6) is 0. The molecule has 0 bridgehead atoms. The standard InChI is InChI=1S/C43H23Br2NO2/c44-31-22-30-40(42-37(31)25-14-4-10-20-35(25)48-42)39-29(23-32(45)41-38(39)26-15-5-11-21-36(26)47-41)43(30)27-16-6-8-18-33(27)46(24-12-2-1-3-13-24)34-19-9-7-17-28(34)43/h1-23H. The summed E-state index contributed by atoms with van der Waals surface area (Å²) in [5.41, 5.74) is 13.3. The minimum atomic E-state index is -0.659. The Kier molecular flexibility index (Phi) is 5.33. The summed E-state index contributed by atoms with van der Waals surface area (Å²) in [7, 11) is 0. The molecule has 2 aliphatic rings. The van der Waals surface area contributed by atoms with E-state index in [2.05, 4.69) is 164 Å². The zero-order valence-electron chi connectivity index (χ0n) is 25.3. The molecule has 0 fully saturated rings. The molecule has 7 aromatic carbocycles. The quantitative estimate of drug-likeness (QED) is 0.168. The second-order valence-corrected chi connectivity index (χ2v) is 14.3. The first kappa shape index (κ1) is 26.9. The molecule has 2 aromatic heterocycles. The molecule has 1 aliphatic carbocycles. The summed E-state index contributed by atoms with van der Waals surface area (Å²) in [6.07, 6.45) is 0. The average Bonchev–Trinajstić information content (AvgIpc) is 3.79. The third-order valence-corrected chi connectivity index (χ3v) is 11.6. The Hall–Kier alpha value is -5.10. The lowest BCUT2D eigenvalue weighted by atomic mass is 9.64. The first-order chi connectivity index (χ1) is 23.7. The average molecular weight is 745 g/mol. The summed E-state index contributed by atoms with van der Waals surface area (Å²) >= 11 is 8.08. The molecule has 0 N–H and O–H groups in total. The minimum absolute atomic E-state index is 0.659. The van der Waals surface area contributed by atoms with E-state index >= 15 is 0 Å². The highest BCUT2D eigenvalue weighted by Crippen LogP contribution is 2.67. The summed E-state index contributed by atoms with van der Waals surface area (Å²) in [5, 5.41) is 4.36. The molecule has 0 radical (unpaired) electrons. The third kappa shape index (κ3) is 3.19. The summed E-state index contributed by atoms with van der Waals surface area (Å²) < 4.78 is 15.5. The monoisotopic (exact) mass is 743 g/mol. The van der Waals surface area contributed by atoms with Crippen LogP contribution in [0.1, 0.15) is 22.3 Å². The molecule has 1 aliphatic heterocycles. The van der Waals surface area contributed by atoms with Gasteiger partial charge in [0.25, 0.3) is 0 Å². The van der Waals surface area contributed by atoms with E-state index in [4.69, 9.17) is 8.83 Å². The molecule has 9 aromatic rings. The van der Waals surface area contributed by atoms with E-state index in [0.717, 1.165) is 81.0 Å². The maximum Gasteiger partial charge on any atom is 0.150 e. The van der Waals surface area contributed by atoms with Crippen molar-refractivity contribution < 1.29 is 8.83 Å². The van der Waals surface area contributed by atoms with Gasteiger partial charge in [0, 0.05) is 42.8 Å². The molecule has 48 heavy (non-hydrogen) atoms. The molecule has 226 valence electrons. The van der Waals surface area contributed by atoms with Gasteiger partial charge < -0.3 is 13.7 Å². The van der Waals surface area contributed by atoms with Crippen LogP contribution in [0, 0.1) is 0 Å². The molecule has 5 heteroatoms. The van der Waals surface area contributed by atoms with Crippen LogP contribution in [0.4, 0.5) is 17.1 Å². The predicted octanol–water partition coefficient (Wildman–Crippen LogP) is 13.2. The van der Waals surface area contributed by atoms with Crippen LogP contribution in [-0.2, 0) is 5.41 Å². The fourth-order valence-corrected chi connectivity index (χ4v) is 9.77. The van der Waals surface area contributed by atoms with Crippen molar-refractivity contribution in [2.24, 2.45) is 0 Å². The SMILES string of the molecule is Brc1cc2c(c3c1oc1ccccc13)-c1c(cc(Br)c3c1oc1ccccc13)C21c2ccccc2N(c2ccccc2)c2ccccc21. The topological polar surface area (TPSA) is 29.5 Å². The summed E-state index contributed by atoms with van der Waals surface area (Å²) in [4.78, 5) is 2.41. The first-order valence-corrected chi connectivity index (χ1v) is 17.6. The van der Waals surface area contributed by atoms with E-state index in [-0.39, 0.29) is 0 Å². The number of hydrogen-bond donors (Lipinski definition) is 0. The van der Waals surface area contributed by atoms with Crippen molar-refractivity contribution in [2.75, 3.05) is 4.90 Å². The highest BCUT2D eigenvalue weighted by molar-refractivity contribution is 9.11. The Morgan fingerprint density at radius 2 is 0.979 bits per heavy atom. The second-order valence-electron chi connectivity index (χ2n) is 12.6. The Labute approximate surface area is 292 Å². The Morgan fingerprint density at radius 1 is 0.458 bits per heavy atom. The van der Waals surface area contributed by atoms with Gasteiger partial charge in [0.1, 0.15) is 22.3 Å². The van der Waals surface area contributed by atoms with Gasteiger partial charge in [-0.1, -0.05) is 107 Å². The van der Waals surface area contributed by atoms with Gasteiger partial charge in [-0.15, -0.1) is 0 Å². The minimum Gasteiger partial charge on any atom is -0.455 e. The number of nitrogens with zero attached hydrogens (tertiary/aromatic N) is 1. The van der Waals surface area contributed by atoms with Gasteiger partial charge in [0.2, 0.25) is 0 Å². The van der Waals surface area contributed by atoms with Gasteiger partial charge >= 0.3 is 0 Å². The van der Waals surface area contributed by atoms with Crippen LogP contribution in [0.5, 0.6) is 0 Å². The number of para-hydroxylation sites is 5. The number of anilines is 3. The lowest BCUT2D eigenvalue weighted by Crippen LogP contribution is -2.36. The van der Waals surface area contributed by atoms with E-state index in [1.807, 2.05) is 12.1 Å². The maximum atomic E-state index is 6.92. The van der Waals surface area contributed by atoms with Crippen LogP contribution in [0.25, 0.3) is 55.0 Å². The normalized spacial score (nSPS) is 14.2. The fraction of sp³-hybridized carbons (Fsp3) is 0.0233. The summed E-state index contributed by atoms with van der Waals surface area (Å²) in [6.45, 7) is 0. The number of rotatable bonds is 1. The third-order valence-electron chi connectivity index (χ3n) is 10.4. The molecule has 0 unspecified atom stereocenters. The number of fused-ring (bicyclic) bond motifs is 17. The molecule has 0 atom stereocenters. The van der Waals surface area contributed by atoms with E-state index in [0.29, 0.717) is 0 Å². The molecule has 0 saturated heterocycles. The number of furan rings is 2. The number of halogens is 2. The van der Waals surface area contributed by atoms with E-state index in [9.17, 15) is 0 Å². The van der Waals surface area contributed by atoms with Crippen LogP contribution in [0.2, 0.25) is 0 Å². The van der Waals surface area contributed by atoms with Gasteiger partial charge in [-0.25, -0.2) is 0 Å². The molecular formula is C43H23Br2NO2. The highest BCUT2D eigenvalue weighted by atomic mass is 79.9. The van der Waals surface area contributed by atoms with Crippen LogP contribution in [0.3, 0.4) is 0 Å². The smallest absolute Gasteiger partial charge is 0.150 e. The van der Waals surface area contributed by atoms with Crippen molar-refractivity contribution in [3.8, 4) is 11.1 Å². The van der Waals surface area contributed by atoms with Gasteiger partial charge in [-0.05, 0) is 86.7 Å². The van der Waals surface area contributed by atoms with Crippen LogP contribution >= 0.6 is 31.9 Å². The Bertz CT molecular complexity index is 2780. The van der Waals surface area contributed by atoms with Crippen molar-refractivity contribution in [3.05, 3.63) is 171 Å². The van der Waals surface area contributed by atoms with Gasteiger partial charge in [0.15, 0.2) is 0 Å². The van der Waals surface area contributed by atoms with Crippen molar-refractivity contribution in [2.45, 2.75) is 5.41 Å². The predicted molar refractivity (Wildman–Crippen MR) is 202 cm³/mol. The fourth-order valence-electron chi connectivity index (χ4n) is 8.64. The van der Waals surface area contributed by atoms with Crippen molar-refractivity contribution in [1.29, 1.82) is 0 Å². The summed E-state index contributed by atoms with van der Waals surface area (Å²) in [6, 6.07) is 49.8. The number of hydrogen-bond acceptors (Lipinski definition) is 3. The highest BCUT2D eigenvalue weighted by Gasteiger charge is 2.54.